The van der Waals surface area contributed by atoms with Crippen molar-refractivity contribution in [3.63, 3.8) is 0 Å². The Kier molecular flexibility index (Phi) is 6.07. The predicted octanol–water partition coefficient (Wildman–Crippen LogP) is 4.99. The second-order valence-corrected chi connectivity index (χ2v) is 6.42. The van der Waals surface area contributed by atoms with E-state index in [1.807, 2.05) is 18.2 Å². The van der Waals surface area contributed by atoms with Gasteiger partial charge in [-0.1, -0.05) is 41.1 Å². The van der Waals surface area contributed by atoms with Gasteiger partial charge in [-0.05, 0) is 41.9 Å². The van der Waals surface area contributed by atoms with Gasteiger partial charge in [-0.15, -0.1) is 11.8 Å². The van der Waals surface area contributed by atoms with Crippen LogP contribution < -0.4 is 5.32 Å². The lowest BCUT2D eigenvalue weighted by molar-refractivity contribution is 0.616. The fourth-order valence-corrected chi connectivity index (χ4v) is 3.11. The summed E-state index contributed by atoms with van der Waals surface area (Å²) in [6.07, 6.45) is 0. The number of hydrogen-bond donors (Lipinski definition) is 1. The second kappa shape index (κ2) is 7.81. The molecule has 0 radical (unpaired) electrons. The summed E-state index contributed by atoms with van der Waals surface area (Å²) >= 11 is 4.93. The summed E-state index contributed by atoms with van der Waals surface area (Å²) in [4.78, 5) is 1.17. The molecule has 1 nitrogen and oxygen atoms in total. The summed E-state index contributed by atoms with van der Waals surface area (Å²) in [5.41, 5.74) is 1.99. The van der Waals surface area contributed by atoms with Gasteiger partial charge in [0, 0.05) is 21.7 Å². The first-order valence-corrected chi connectivity index (χ1v) is 8.33. The van der Waals surface area contributed by atoms with Crippen molar-refractivity contribution < 1.29 is 4.39 Å². The third-order valence-corrected chi connectivity index (χ3v) is 4.42. The van der Waals surface area contributed by atoms with Crippen molar-refractivity contribution in [2.45, 2.75) is 24.1 Å². The third-order valence-electron chi connectivity index (χ3n) is 2.89. The molecule has 0 aliphatic rings. The molecule has 0 saturated heterocycles. The maximum absolute atomic E-state index is 13.7. The summed E-state index contributed by atoms with van der Waals surface area (Å²) in [6.45, 7) is 3.92. The zero-order chi connectivity index (χ0) is 14.4. The van der Waals surface area contributed by atoms with Crippen LogP contribution in [0.15, 0.2) is 51.8 Å². The van der Waals surface area contributed by atoms with E-state index in [1.165, 1.54) is 16.5 Å². The van der Waals surface area contributed by atoms with E-state index in [9.17, 15) is 4.39 Å². The van der Waals surface area contributed by atoms with Crippen molar-refractivity contribution >= 4 is 27.7 Å². The Hall–Kier alpha value is -0.840. The Morgan fingerprint density at radius 2 is 2.05 bits per heavy atom. The highest BCUT2D eigenvalue weighted by Gasteiger charge is 2.04. The standard InChI is InChI=1S/C16H17BrFNS/c1-2-19-10-12-4-3-5-15(8-12)20-11-13-6-7-14(17)9-16(13)18/h3-9,19H,2,10-11H2,1H3. The molecule has 0 heterocycles. The molecule has 0 aliphatic heterocycles. The van der Waals surface area contributed by atoms with Gasteiger partial charge in [0.1, 0.15) is 5.82 Å². The summed E-state index contributed by atoms with van der Waals surface area (Å²) in [6, 6.07) is 13.6. The van der Waals surface area contributed by atoms with E-state index in [1.54, 1.807) is 11.8 Å². The molecule has 2 rings (SSSR count). The zero-order valence-electron chi connectivity index (χ0n) is 11.3. The van der Waals surface area contributed by atoms with Gasteiger partial charge in [0.15, 0.2) is 0 Å². The fraction of sp³-hybridized carbons (Fsp3) is 0.250. The van der Waals surface area contributed by atoms with Crippen molar-refractivity contribution in [2.24, 2.45) is 0 Å². The van der Waals surface area contributed by atoms with E-state index < -0.39 is 0 Å². The highest BCUT2D eigenvalue weighted by Crippen LogP contribution is 2.26. The van der Waals surface area contributed by atoms with E-state index in [4.69, 9.17) is 0 Å². The minimum Gasteiger partial charge on any atom is -0.313 e. The molecule has 0 aliphatic carbocycles. The molecule has 0 atom stereocenters. The molecule has 0 aromatic heterocycles. The van der Waals surface area contributed by atoms with Gasteiger partial charge in [-0.3, -0.25) is 0 Å². The average molecular weight is 354 g/mol. The Morgan fingerprint density at radius 1 is 1.20 bits per heavy atom. The minimum absolute atomic E-state index is 0.157. The molecule has 106 valence electrons. The summed E-state index contributed by atoms with van der Waals surface area (Å²) in [5.74, 6) is 0.486. The third kappa shape index (κ3) is 4.62. The van der Waals surface area contributed by atoms with Crippen LogP contribution in [-0.4, -0.2) is 6.54 Å². The topological polar surface area (TPSA) is 12.0 Å². The molecular weight excluding hydrogens is 337 g/mol. The van der Waals surface area contributed by atoms with E-state index in [0.29, 0.717) is 5.75 Å². The van der Waals surface area contributed by atoms with Crippen LogP contribution in [0.25, 0.3) is 0 Å². The molecule has 0 saturated carbocycles. The maximum Gasteiger partial charge on any atom is 0.128 e. The summed E-state index contributed by atoms with van der Waals surface area (Å²) in [5, 5.41) is 3.31. The van der Waals surface area contributed by atoms with E-state index in [2.05, 4.69) is 46.4 Å². The van der Waals surface area contributed by atoms with E-state index in [0.717, 1.165) is 23.1 Å². The largest absolute Gasteiger partial charge is 0.313 e. The number of hydrogen-bond acceptors (Lipinski definition) is 2. The smallest absolute Gasteiger partial charge is 0.128 e. The summed E-state index contributed by atoms with van der Waals surface area (Å²) < 4.78 is 14.5. The van der Waals surface area contributed by atoms with Gasteiger partial charge in [0.05, 0.1) is 0 Å². The average Bonchev–Trinajstić information content (AvgIpc) is 2.45. The number of thioether (sulfide) groups is 1. The van der Waals surface area contributed by atoms with Gasteiger partial charge in [0.2, 0.25) is 0 Å². The molecule has 2 aromatic carbocycles. The van der Waals surface area contributed by atoms with Crippen LogP contribution in [0.1, 0.15) is 18.1 Å². The molecule has 4 heteroatoms. The number of benzene rings is 2. The lowest BCUT2D eigenvalue weighted by Crippen LogP contribution is -2.11. The van der Waals surface area contributed by atoms with Gasteiger partial charge in [-0.25, -0.2) is 4.39 Å². The van der Waals surface area contributed by atoms with Gasteiger partial charge in [0.25, 0.3) is 0 Å². The molecule has 0 unspecified atom stereocenters. The molecule has 1 N–H and O–H groups in total. The maximum atomic E-state index is 13.7. The first kappa shape index (κ1) is 15.5. The van der Waals surface area contributed by atoms with Crippen LogP contribution in [0.2, 0.25) is 0 Å². The lowest BCUT2D eigenvalue weighted by Gasteiger charge is -2.07. The Morgan fingerprint density at radius 3 is 2.80 bits per heavy atom. The number of halogens is 2. The molecule has 2 aromatic rings. The molecule has 0 spiro atoms. The first-order valence-electron chi connectivity index (χ1n) is 6.55. The van der Waals surface area contributed by atoms with E-state index >= 15 is 0 Å². The van der Waals surface area contributed by atoms with Crippen LogP contribution in [0.4, 0.5) is 4.39 Å². The second-order valence-electron chi connectivity index (χ2n) is 4.45. The highest BCUT2D eigenvalue weighted by atomic mass is 79.9. The molecular formula is C16H17BrFNS. The minimum atomic E-state index is -0.157. The normalized spacial score (nSPS) is 10.8. The monoisotopic (exact) mass is 353 g/mol. The Balaban J connectivity index is 1.99. The van der Waals surface area contributed by atoms with Gasteiger partial charge in [-0.2, -0.15) is 0 Å². The Labute approximate surface area is 132 Å². The summed E-state index contributed by atoms with van der Waals surface area (Å²) in [7, 11) is 0. The van der Waals surface area contributed by atoms with Crippen molar-refractivity contribution in [2.75, 3.05) is 6.54 Å². The van der Waals surface area contributed by atoms with Gasteiger partial charge < -0.3 is 5.32 Å². The zero-order valence-corrected chi connectivity index (χ0v) is 13.7. The van der Waals surface area contributed by atoms with Crippen molar-refractivity contribution in [3.8, 4) is 0 Å². The predicted molar refractivity (Wildman–Crippen MR) is 87.5 cm³/mol. The van der Waals surface area contributed by atoms with Crippen LogP contribution in [0, 0.1) is 5.82 Å². The van der Waals surface area contributed by atoms with Crippen LogP contribution in [-0.2, 0) is 12.3 Å². The fourth-order valence-electron chi connectivity index (χ4n) is 1.81. The highest BCUT2D eigenvalue weighted by molar-refractivity contribution is 9.10. The lowest BCUT2D eigenvalue weighted by atomic mass is 10.2. The van der Waals surface area contributed by atoms with Crippen LogP contribution in [0.5, 0.6) is 0 Å². The van der Waals surface area contributed by atoms with Crippen molar-refractivity contribution in [1.82, 2.24) is 5.32 Å². The molecule has 0 fully saturated rings. The molecule has 0 bridgehead atoms. The SMILES string of the molecule is CCNCc1cccc(SCc2ccc(Br)cc2F)c1. The van der Waals surface area contributed by atoms with Gasteiger partial charge >= 0.3 is 0 Å². The molecule has 20 heavy (non-hydrogen) atoms. The van der Waals surface area contributed by atoms with Crippen molar-refractivity contribution in [1.29, 1.82) is 0 Å². The van der Waals surface area contributed by atoms with Crippen molar-refractivity contribution in [3.05, 3.63) is 63.9 Å². The first-order chi connectivity index (χ1) is 9.69. The van der Waals surface area contributed by atoms with E-state index in [-0.39, 0.29) is 5.82 Å². The van der Waals surface area contributed by atoms with Crippen LogP contribution in [0.3, 0.4) is 0 Å². The quantitative estimate of drug-likeness (QED) is 0.734. The number of rotatable bonds is 6. The van der Waals surface area contributed by atoms with Crippen LogP contribution >= 0.6 is 27.7 Å². The Bertz CT molecular complexity index is 574. The number of nitrogens with one attached hydrogen (secondary N) is 1. The molecule has 0 amide bonds.